The van der Waals surface area contributed by atoms with E-state index in [0.29, 0.717) is 18.6 Å². The number of carboxylic acid groups (broad SMARTS) is 1. The molecule has 4 unspecified atom stereocenters. The Labute approximate surface area is 169 Å². The summed E-state index contributed by atoms with van der Waals surface area (Å²) in [5.74, 6) is -2.26. The Morgan fingerprint density at radius 2 is 1.70 bits per heavy atom. The summed E-state index contributed by atoms with van der Waals surface area (Å²) >= 11 is 5.57. The molecule has 0 saturated heterocycles. The minimum absolute atomic E-state index is 0.0246. The molecule has 0 aliphatic carbocycles. The lowest BCUT2D eigenvalue weighted by atomic mass is 9.99. The van der Waals surface area contributed by atoms with Crippen molar-refractivity contribution >= 4 is 48.1 Å². The minimum atomic E-state index is -1.18. The highest BCUT2D eigenvalue weighted by Crippen LogP contribution is 2.06. The molecule has 0 rings (SSSR count). The van der Waals surface area contributed by atoms with Crippen molar-refractivity contribution < 1.29 is 24.3 Å². The summed E-state index contributed by atoms with van der Waals surface area (Å²) in [6, 6.07) is -2.62. The van der Waals surface area contributed by atoms with Crippen LogP contribution < -0.4 is 21.7 Å². The highest BCUT2D eigenvalue weighted by atomic mass is 32.2. The molecule has 0 aliphatic rings. The normalized spacial score (nSPS) is 15.1. The average Bonchev–Trinajstić information content (AvgIpc) is 2.65. The SMILES string of the molecule is CCC(C)C(N)C(=O)NC(CS)C(=O)NC(CCSC)C(=O)NCC(=O)O. The summed E-state index contributed by atoms with van der Waals surface area (Å²) in [7, 11) is 0. The number of thiol groups is 1. The quantitative estimate of drug-likeness (QED) is 0.213. The van der Waals surface area contributed by atoms with Gasteiger partial charge in [0.25, 0.3) is 0 Å². The molecule has 0 aromatic carbocycles. The number of nitrogens with two attached hydrogens (primary N) is 1. The lowest BCUT2D eigenvalue weighted by molar-refractivity contribution is -0.138. The zero-order valence-electron chi connectivity index (χ0n) is 15.9. The fourth-order valence-electron chi connectivity index (χ4n) is 2.04. The van der Waals surface area contributed by atoms with E-state index in [9.17, 15) is 19.2 Å². The standard InChI is InChI=1S/C16H30N4O5S2/c1-4-9(2)13(17)16(25)20-11(8-26)15(24)19-10(5-6-27-3)14(23)18-7-12(21)22/h9-11,13,26H,4-8,17H2,1-3H3,(H,18,23)(H,19,24)(H,20,25)(H,21,22). The Kier molecular flexibility index (Phi) is 12.9. The van der Waals surface area contributed by atoms with Gasteiger partial charge in [0.15, 0.2) is 0 Å². The maximum atomic E-state index is 12.5. The van der Waals surface area contributed by atoms with Crippen LogP contribution in [0.2, 0.25) is 0 Å². The van der Waals surface area contributed by atoms with Crippen molar-refractivity contribution in [2.45, 2.75) is 44.8 Å². The lowest BCUT2D eigenvalue weighted by Crippen LogP contribution is -2.57. The molecule has 9 nitrogen and oxygen atoms in total. The minimum Gasteiger partial charge on any atom is -0.480 e. The van der Waals surface area contributed by atoms with E-state index in [2.05, 4.69) is 28.6 Å². The van der Waals surface area contributed by atoms with Gasteiger partial charge in [0, 0.05) is 5.75 Å². The monoisotopic (exact) mass is 422 g/mol. The van der Waals surface area contributed by atoms with Gasteiger partial charge in [-0.1, -0.05) is 20.3 Å². The molecule has 0 saturated carbocycles. The van der Waals surface area contributed by atoms with Crippen LogP contribution in [0.5, 0.6) is 0 Å². The second-order valence-electron chi connectivity index (χ2n) is 6.11. The van der Waals surface area contributed by atoms with Gasteiger partial charge in [-0.2, -0.15) is 24.4 Å². The van der Waals surface area contributed by atoms with Gasteiger partial charge in [0.2, 0.25) is 17.7 Å². The van der Waals surface area contributed by atoms with Gasteiger partial charge in [-0.3, -0.25) is 19.2 Å². The van der Waals surface area contributed by atoms with E-state index < -0.39 is 48.4 Å². The predicted octanol–water partition coefficient (Wildman–Crippen LogP) is -0.787. The Hall–Kier alpha value is -1.46. The third-order valence-electron chi connectivity index (χ3n) is 4.03. The molecule has 11 heteroatoms. The summed E-state index contributed by atoms with van der Waals surface area (Å²) in [4.78, 5) is 47.4. The summed E-state index contributed by atoms with van der Waals surface area (Å²) in [6.07, 6.45) is 2.88. The third-order valence-corrected chi connectivity index (χ3v) is 5.04. The molecule has 4 atom stereocenters. The number of hydrogen-bond acceptors (Lipinski definition) is 7. The predicted molar refractivity (Wildman–Crippen MR) is 109 cm³/mol. The highest BCUT2D eigenvalue weighted by Gasteiger charge is 2.28. The lowest BCUT2D eigenvalue weighted by Gasteiger charge is -2.24. The van der Waals surface area contributed by atoms with Crippen molar-refractivity contribution in [2.24, 2.45) is 11.7 Å². The van der Waals surface area contributed by atoms with E-state index in [1.54, 1.807) is 0 Å². The number of nitrogens with one attached hydrogen (secondary N) is 3. The topological polar surface area (TPSA) is 151 Å². The van der Waals surface area contributed by atoms with Crippen LogP contribution in [-0.2, 0) is 19.2 Å². The Morgan fingerprint density at radius 1 is 1.11 bits per heavy atom. The van der Waals surface area contributed by atoms with Gasteiger partial charge < -0.3 is 26.8 Å². The molecule has 0 aromatic heterocycles. The number of hydrogen-bond donors (Lipinski definition) is 6. The molecule has 0 spiro atoms. The van der Waals surface area contributed by atoms with Crippen LogP contribution in [0.1, 0.15) is 26.7 Å². The number of carboxylic acids is 1. The van der Waals surface area contributed by atoms with Crippen molar-refractivity contribution in [3.63, 3.8) is 0 Å². The summed E-state index contributed by atoms with van der Waals surface area (Å²) in [5, 5.41) is 16.0. The molecule has 0 aliphatic heterocycles. The van der Waals surface area contributed by atoms with Crippen LogP contribution in [0, 0.1) is 5.92 Å². The van der Waals surface area contributed by atoms with Crippen molar-refractivity contribution in [1.29, 1.82) is 0 Å². The van der Waals surface area contributed by atoms with Gasteiger partial charge in [-0.05, 0) is 24.3 Å². The fourth-order valence-corrected chi connectivity index (χ4v) is 2.77. The van der Waals surface area contributed by atoms with E-state index in [1.165, 1.54) is 11.8 Å². The fraction of sp³-hybridized carbons (Fsp3) is 0.750. The van der Waals surface area contributed by atoms with Crippen molar-refractivity contribution in [2.75, 3.05) is 24.3 Å². The van der Waals surface area contributed by atoms with E-state index >= 15 is 0 Å². The zero-order valence-corrected chi connectivity index (χ0v) is 17.6. The van der Waals surface area contributed by atoms with Crippen molar-refractivity contribution in [3.05, 3.63) is 0 Å². The average molecular weight is 423 g/mol. The molecule has 0 fully saturated rings. The van der Waals surface area contributed by atoms with Crippen LogP contribution in [0.25, 0.3) is 0 Å². The summed E-state index contributed by atoms with van der Waals surface area (Å²) in [6.45, 7) is 3.21. The number of aliphatic carboxylic acids is 1. The van der Waals surface area contributed by atoms with Crippen molar-refractivity contribution in [3.8, 4) is 0 Å². The zero-order chi connectivity index (χ0) is 21.0. The number of rotatable bonds is 13. The largest absolute Gasteiger partial charge is 0.480 e. The molecule has 27 heavy (non-hydrogen) atoms. The molecule has 0 radical (unpaired) electrons. The van der Waals surface area contributed by atoms with E-state index in [0.717, 1.165) is 0 Å². The first kappa shape index (κ1) is 25.5. The number of thioether (sulfide) groups is 1. The maximum Gasteiger partial charge on any atom is 0.322 e. The number of carbonyl (C=O) groups excluding carboxylic acids is 3. The van der Waals surface area contributed by atoms with Crippen LogP contribution in [0.3, 0.4) is 0 Å². The van der Waals surface area contributed by atoms with E-state index in [-0.39, 0.29) is 11.7 Å². The molecule has 3 amide bonds. The molecule has 0 aromatic rings. The molecule has 0 bridgehead atoms. The van der Waals surface area contributed by atoms with Gasteiger partial charge in [0.1, 0.15) is 18.6 Å². The van der Waals surface area contributed by atoms with E-state index in [1.807, 2.05) is 20.1 Å². The molecule has 0 heterocycles. The van der Waals surface area contributed by atoms with Gasteiger partial charge >= 0.3 is 5.97 Å². The second kappa shape index (κ2) is 13.7. The Bertz CT molecular complexity index is 521. The van der Waals surface area contributed by atoms with E-state index in [4.69, 9.17) is 10.8 Å². The maximum absolute atomic E-state index is 12.5. The first-order chi connectivity index (χ1) is 12.7. The van der Waals surface area contributed by atoms with Gasteiger partial charge in [-0.15, -0.1) is 0 Å². The van der Waals surface area contributed by atoms with Gasteiger partial charge in [-0.25, -0.2) is 0 Å². The summed E-state index contributed by atoms with van der Waals surface area (Å²) < 4.78 is 0. The molecular weight excluding hydrogens is 392 g/mol. The third kappa shape index (κ3) is 9.87. The smallest absolute Gasteiger partial charge is 0.322 e. The molecule has 156 valence electrons. The van der Waals surface area contributed by atoms with Crippen molar-refractivity contribution in [1.82, 2.24) is 16.0 Å². The van der Waals surface area contributed by atoms with Gasteiger partial charge in [0.05, 0.1) is 6.04 Å². The van der Waals surface area contributed by atoms with Crippen LogP contribution in [0.15, 0.2) is 0 Å². The van der Waals surface area contributed by atoms with Crippen LogP contribution in [-0.4, -0.2) is 71.2 Å². The first-order valence-electron chi connectivity index (χ1n) is 8.63. The second-order valence-corrected chi connectivity index (χ2v) is 7.46. The van der Waals surface area contributed by atoms with Crippen LogP contribution in [0.4, 0.5) is 0 Å². The number of amides is 3. The Morgan fingerprint density at radius 3 is 2.19 bits per heavy atom. The summed E-state index contributed by atoms with van der Waals surface area (Å²) in [5.41, 5.74) is 5.87. The highest BCUT2D eigenvalue weighted by molar-refractivity contribution is 7.98. The first-order valence-corrected chi connectivity index (χ1v) is 10.7. The van der Waals surface area contributed by atoms with Crippen LogP contribution >= 0.6 is 24.4 Å². The number of carbonyl (C=O) groups is 4. The molecule has 6 N–H and O–H groups in total. The molecular formula is C16H30N4O5S2. The Balaban J connectivity index is 4.95.